The molecule has 0 radical (unpaired) electrons. The Balaban J connectivity index is 2.34. The molecule has 1 atom stereocenters. The van der Waals surface area contributed by atoms with Crippen LogP contribution in [0.2, 0.25) is 0 Å². The summed E-state index contributed by atoms with van der Waals surface area (Å²) >= 11 is 3.36. The van der Waals surface area contributed by atoms with Gasteiger partial charge in [0.2, 0.25) is 0 Å². The van der Waals surface area contributed by atoms with Crippen molar-refractivity contribution >= 4 is 15.9 Å². The highest BCUT2D eigenvalue weighted by Crippen LogP contribution is 2.13. The summed E-state index contributed by atoms with van der Waals surface area (Å²) in [6, 6.07) is 7.98. The van der Waals surface area contributed by atoms with Gasteiger partial charge in [0, 0.05) is 4.47 Å². The Morgan fingerprint density at radius 3 is 2.43 bits per heavy atom. The molecule has 2 N–H and O–H groups in total. The Labute approximate surface area is 92.6 Å². The quantitative estimate of drug-likeness (QED) is 0.865. The number of halogens is 2. The fourth-order valence-corrected chi connectivity index (χ4v) is 1.56. The molecule has 0 heterocycles. The van der Waals surface area contributed by atoms with Crippen molar-refractivity contribution in [1.29, 1.82) is 0 Å². The van der Waals surface area contributed by atoms with Crippen LogP contribution in [0.4, 0.5) is 4.39 Å². The first-order valence-electron chi connectivity index (χ1n) is 4.81. The predicted molar refractivity (Wildman–Crippen MR) is 61.0 cm³/mol. The van der Waals surface area contributed by atoms with Crippen molar-refractivity contribution in [3.63, 3.8) is 0 Å². The molecule has 3 heteroatoms. The molecule has 0 aromatic heterocycles. The molecule has 14 heavy (non-hydrogen) atoms. The zero-order chi connectivity index (χ0) is 10.4. The average Bonchev–Trinajstić information content (AvgIpc) is 2.17. The van der Waals surface area contributed by atoms with Crippen LogP contribution in [-0.2, 0) is 6.42 Å². The third kappa shape index (κ3) is 4.20. The largest absolute Gasteiger partial charge is 0.330 e. The molecule has 1 aromatic carbocycles. The van der Waals surface area contributed by atoms with Gasteiger partial charge in [-0.15, -0.1) is 0 Å². The van der Waals surface area contributed by atoms with E-state index in [0.29, 0.717) is 19.4 Å². The Kier molecular flexibility index (Phi) is 5.12. The van der Waals surface area contributed by atoms with Gasteiger partial charge in [-0.25, -0.2) is 4.39 Å². The topological polar surface area (TPSA) is 26.0 Å². The van der Waals surface area contributed by atoms with Crippen molar-refractivity contribution < 1.29 is 4.39 Å². The van der Waals surface area contributed by atoms with Crippen LogP contribution in [0.3, 0.4) is 0 Å². The number of rotatable bonds is 5. The molecule has 78 valence electrons. The van der Waals surface area contributed by atoms with Crippen LogP contribution < -0.4 is 5.73 Å². The van der Waals surface area contributed by atoms with E-state index in [4.69, 9.17) is 5.73 Å². The second kappa shape index (κ2) is 6.14. The molecule has 1 nitrogen and oxygen atoms in total. The summed E-state index contributed by atoms with van der Waals surface area (Å²) in [5, 5.41) is 0. The Bertz CT molecular complexity index is 260. The van der Waals surface area contributed by atoms with Gasteiger partial charge >= 0.3 is 0 Å². The third-order valence-electron chi connectivity index (χ3n) is 2.14. The first kappa shape index (κ1) is 11.7. The summed E-state index contributed by atoms with van der Waals surface area (Å²) in [4.78, 5) is 0. The van der Waals surface area contributed by atoms with E-state index in [2.05, 4.69) is 15.9 Å². The lowest BCUT2D eigenvalue weighted by Gasteiger charge is -2.06. The number of aryl methyl sites for hydroxylation is 1. The van der Waals surface area contributed by atoms with Crippen LogP contribution in [-0.4, -0.2) is 12.7 Å². The molecular weight excluding hydrogens is 245 g/mol. The van der Waals surface area contributed by atoms with Gasteiger partial charge in [0.15, 0.2) is 0 Å². The minimum Gasteiger partial charge on any atom is -0.330 e. The molecule has 0 aliphatic rings. The SMILES string of the molecule is NCCC(F)CCc1ccc(Br)cc1. The number of hydrogen-bond donors (Lipinski definition) is 1. The smallest absolute Gasteiger partial charge is 0.102 e. The van der Waals surface area contributed by atoms with E-state index in [-0.39, 0.29) is 0 Å². The second-order valence-corrected chi connectivity index (χ2v) is 4.26. The van der Waals surface area contributed by atoms with Crippen LogP contribution in [0, 0.1) is 0 Å². The van der Waals surface area contributed by atoms with Crippen molar-refractivity contribution in [2.45, 2.75) is 25.4 Å². The van der Waals surface area contributed by atoms with Crippen LogP contribution in [0.25, 0.3) is 0 Å². The number of alkyl halides is 1. The summed E-state index contributed by atoms with van der Waals surface area (Å²) in [6.07, 6.45) is 1.06. The molecular formula is C11H15BrFN. The Morgan fingerprint density at radius 1 is 1.21 bits per heavy atom. The van der Waals surface area contributed by atoms with Crippen LogP contribution in [0.5, 0.6) is 0 Å². The zero-order valence-corrected chi connectivity index (χ0v) is 9.63. The number of benzene rings is 1. The average molecular weight is 260 g/mol. The maximum atomic E-state index is 13.1. The van der Waals surface area contributed by atoms with Gasteiger partial charge in [-0.2, -0.15) is 0 Å². The molecule has 0 saturated carbocycles. The standard InChI is InChI=1S/C11H15BrFN/c12-10-4-1-9(2-5-10)3-6-11(13)7-8-14/h1-2,4-5,11H,3,6-8,14H2. The summed E-state index contributed by atoms with van der Waals surface area (Å²) < 4.78 is 14.1. The molecule has 1 aromatic rings. The Morgan fingerprint density at radius 2 is 1.86 bits per heavy atom. The van der Waals surface area contributed by atoms with Crippen LogP contribution in [0.1, 0.15) is 18.4 Å². The summed E-state index contributed by atoms with van der Waals surface area (Å²) in [6.45, 7) is 0.432. The van der Waals surface area contributed by atoms with E-state index in [9.17, 15) is 4.39 Å². The molecule has 1 rings (SSSR count). The van der Waals surface area contributed by atoms with Gasteiger partial charge in [0.1, 0.15) is 6.17 Å². The maximum absolute atomic E-state index is 13.1. The van der Waals surface area contributed by atoms with E-state index in [1.54, 1.807) is 0 Å². The first-order valence-corrected chi connectivity index (χ1v) is 5.60. The minimum atomic E-state index is -0.761. The molecule has 0 spiro atoms. The molecule has 1 unspecified atom stereocenters. The molecule has 0 amide bonds. The molecule has 0 saturated heterocycles. The van der Waals surface area contributed by atoms with Gasteiger partial charge < -0.3 is 5.73 Å². The van der Waals surface area contributed by atoms with Crippen molar-refractivity contribution in [3.05, 3.63) is 34.3 Å². The summed E-state index contributed by atoms with van der Waals surface area (Å²) in [5.74, 6) is 0. The molecule has 0 aliphatic heterocycles. The van der Waals surface area contributed by atoms with E-state index in [0.717, 1.165) is 10.9 Å². The van der Waals surface area contributed by atoms with Crippen molar-refractivity contribution in [2.24, 2.45) is 5.73 Å². The van der Waals surface area contributed by atoms with E-state index in [1.807, 2.05) is 24.3 Å². The van der Waals surface area contributed by atoms with Crippen LogP contribution in [0.15, 0.2) is 28.7 Å². The van der Waals surface area contributed by atoms with Gasteiger partial charge in [0.05, 0.1) is 0 Å². The fraction of sp³-hybridized carbons (Fsp3) is 0.455. The number of nitrogens with two attached hydrogens (primary N) is 1. The lowest BCUT2D eigenvalue weighted by Crippen LogP contribution is -2.09. The van der Waals surface area contributed by atoms with E-state index in [1.165, 1.54) is 5.56 Å². The zero-order valence-electron chi connectivity index (χ0n) is 8.05. The normalized spacial score (nSPS) is 12.8. The van der Waals surface area contributed by atoms with Crippen molar-refractivity contribution in [1.82, 2.24) is 0 Å². The van der Waals surface area contributed by atoms with Gasteiger partial charge in [-0.05, 0) is 43.5 Å². The predicted octanol–water partition coefficient (Wildman–Crippen LogP) is 3.07. The van der Waals surface area contributed by atoms with Crippen molar-refractivity contribution in [2.75, 3.05) is 6.54 Å². The highest BCUT2D eigenvalue weighted by Gasteiger charge is 2.04. The van der Waals surface area contributed by atoms with E-state index >= 15 is 0 Å². The minimum absolute atomic E-state index is 0.432. The molecule has 0 aliphatic carbocycles. The monoisotopic (exact) mass is 259 g/mol. The summed E-state index contributed by atoms with van der Waals surface area (Å²) in [7, 11) is 0. The molecule has 0 fully saturated rings. The fourth-order valence-electron chi connectivity index (χ4n) is 1.30. The maximum Gasteiger partial charge on any atom is 0.102 e. The lowest BCUT2D eigenvalue weighted by molar-refractivity contribution is 0.300. The third-order valence-corrected chi connectivity index (χ3v) is 2.67. The van der Waals surface area contributed by atoms with Gasteiger partial charge in [0.25, 0.3) is 0 Å². The highest BCUT2D eigenvalue weighted by molar-refractivity contribution is 9.10. The number of hydrogen-bond acceptors (Lipinski definition) is 1. The first-order chi connectivity index (χ1) is 6.72. The van der Waals surface area contributed by atoms with Crippen LogP contribution >= 0.6 is 15.9 Å². The van der Waals surface area contributed by atoms with Crippen molar-refractivity contribution in [3.8, 4) is 0 Å². The van der Waals surface area contributed by atoms with Gasteiger partial charge in [-0.1, -0.05) is 28.1 Å². The highest BCUT2D eigenvalue weighted by atomic mass is 79.9. The lowest BCUT2D eigenvalue weighted by atomic mass is 10.1. The summed E-state index contributed by atoms with van der Waals surface area (Å²) in [5.41, 5.74) is 6.45. The van der Waals surface area contributed by atoms with E-state index < -0.39 is 6.17 Å². The molecule has 0 bridgehead atoms. The van der Waals surface area contributed by atoms with Gasteiger partial charge in [-0.3, -0.25) is 0 Å². The Hall–Kier alpha value is -0.410. The second-order valence-electron chi connectivity index (χ2n) is 3.34.